The Hall–Kier alpha value is -3.46. The Labute approximate surface area is 175 Å². The average Bonchev–Trinajstić information content (AvgIpc) is 3.24. The number of esters is 1. The van der Waals surface area contributed by atoms with E-state index >= 15 is 0 Å². The zero-order valence-electron chi connectivity index (χ0n) is 16.7. The smallest absolute Gasteiger partial charge is 0.338 e. The van der Waals surface area contributed by atoms with Crippen LogP contribution in [0.25, 0.3) is 6.08 Å². The van der Waals surface area contributed by atoms with Crippen molar-refractivity contribution in [1.82, 2.24) is 14.3 Å². The van der Waals surface area contributed by atoms with E-state index in [-0.39, 0.29) is 17.9 Å². The molecule has 2 aromatic heterocycles. The van der Waals surface area contributed by atoms with Crippen molar-refractivity contribution in [3.63, 3.8) is 0 Å². The van der Waals surface area contributed by atoms with Gasteiger partial charge in [-0.3, -0.25) is 14.0 Å². The normalized spacial score (nSPS) is 16.4. The van der Waals surface area contributed by atoms with Gasteiger partial charge in [-0.2, -0.15) is 5.10 Å². The minimum atomic E-state index is -0.697. The van der Waals surface area contributed by atoms with Gasteiger partial charge < -0.3 is 9.84 Å². The van der Waals surface area contributed by atoms with Crippen LogP contribution in [0.15, 0.2) is 57.7 Å². The van der Waals surface area contributed by atoms with Crippen LogP contribution >= 0.6 is 11.3 Å². The molecule has 1 N–H and O–H groups in total. The molecule has 0 spiro atoms. The van der Waals surface area contributed by atoms with Gasteiger partial charge >= 0.3 is 5.97 Å². The Morgan fingerprint density at radius 3 is 2.70 bits per heavy atom. The molecular weight excluding hydrogens is 404 g/mol. The van der Waals surface area contributed by atoms with Crippen LogP contribution in [0, 0.1) is 0 Å². The molecule has 1 aliphatic rings. The lowest BCUT2D eigenvalue weighted by atomic mass is 9.96. The Kier molecular flexibility index (Phi) is 5.13. The second-order valence-corrected chi connectivity index (χ2v) is 7.85. The molecular formula is C21H20N4O4S. The summed E-state index contributed by atoms with van der Waals surface area (Å²) in [5.74, 6) is -0.417. The van der Waals surface area contributed by atoms with Crippen molar-refractivity contribution in [1.29, 1.82) is 0 Å². The van der Waals surface area contributed by atoms with Gasteiger partial charge in [-0.25, -0.2) is 9.79 Å². The number of phenols is 1. The third-order valence-corrected chi connectivity index (χ3v) is 5.73. The molecule has 0 aliphatic carbocycles. The summed E-state index contributed by atoms with van der Waals surface area (Å²) in [5.41, 5.74) is 2.03. The molecule has 1 aliphatic heterocycles. The lowest BCUT2D eigenvalue weighted by molar-refractivity contribution is -0.139. The van der Waals surface area contributed by atoms with E-state index in [9.17, 15) is 14.7 Å². The summed E-state index contributed by atoms with van der Waals surface area (Å²) in [4.78, 5) is 31.1. The second-order valence-electron chi connectivity index (χ2n) is 6.84. The summed E-state index contributed by atoms with van der Waals surface area (Å²) in [5, 5.41) is 13.8. The number of rotatable bonds is 4. The topological polar surface area (TPSA) is 98.7 Å². The summed E-state index contributed by atoms with van der Waals surface area (Å²) in [6, 6.07) is 5.74. The van der Waals surface area contributed by atoms with Crippen LogP contribution in [0.5, 0.6) is 5.75 Å². The van der Waals surface area contributed by atoms with Gasteiger partial charge in [0.1, 0.15) is 5.75 Å². The van der Waals surface area contributed by atoms with Gasteiger partial charge in [-0.1, -0.05) is 23.5 Å². The molecule has 0 radical (unpaired) electrons. The fourth-order valence-corrected chi connectivity index (χ4v) is 4.48. The highest BCUT2D eigenvalue weighted by molar-refractivity contribution is 7.07. The van der Waals surface area contributed by atoms with E-state index in [1.165, 1.54) is 28.0 Å². The first kappa shape index (κ1) is 19.8. The van der Waals surface area contributed by atoms with Gasteiger partial charge in [0.15, 0.2) is 4.80 Å². The van der Waals surface area contributed by atoms with Gasteiger partial charge in [0.2, 0.25) is 0 Å². The number of fused-ring (bicyclic) bond motifs is 1. The van der Waals surface area contributed by atoms with Crippen LogP contribution in [0.3, 0.4) is 0 Å². The number of aryl methyl sites for hydroxylation is 1. The summed E-state index contributed by atoms with van der Waals surface area (Å²) in [6.07, 6.45) is 5.24. The lowest BCUT2D eigenvalue weighted by Crippen LogP contribution is -2.39. The number of hydrogen-bond acceptors (Lipinski definition) is 7. The first-order chi connectivity index (χ1) is 14.4. The molecule has 9 heteroatoms. The van der Waals surface area contributed by atoms with E-state index in [2.05, 4.69) is 10.1 Å². The Morgan fingerprint density at radius 1 is 1.33 bits per heavy atom. The molecule has 1 unspecified atom stereocenters. The first-order valence-corrected chi connectivity index (χ1v) is 10.2. The third-order valence-electron chi connectivity index (χ3n) is 4.75. The molecule has 154 valence electrons. The molecule has 8 nitrogen and oxygen atoms in total. The molecule has 1 aromatic carbocycles. The van der Waals surface area contributed by atoms with Gasteiger partial charge in [0.25, 0.3) is 5.56 Å². The first-order valence-electron chi connectivity index (χ1n) is 9.36. The van der Waals surface area contributed by atoms with E-state index in [0.29, 0.717) is 26.2 Å². The van der Waals surface area contributed by atoms with E-state index in [1.54, 1.807) is 50.0 Å². The Morgan fingerprint density at radius 2 is 2.07 bits per heavy atom. The predicted molar refractivity (Wildman–Crippen MR) is 112 cm³/mol. The SMILES string of the molecule is CCOC(=O)C1=C(C)N=c2s/c(=C\c3cnn(C)c3)c(=O)n2C1c1ccc(O)cc1. The Balaban J connectivity index is 1.96. The minimum Gasteiger partial charge on any atom is -0.508 e. The van der Waals surface area contributed by atoms with Crippen molar-refractivity contribution < 1.29 is 14.6 Å². The zero-order valence-corrected chi connectivity index (χ0v) is 17.5. The number of allylic oxidation sites excluding steroid dienone is 1. The summed E-state index contributed by atoms with van der Waals surface area (Å²) >= 11 is 1.25. The maximum Gasteiger partial charge on any atom is 0.338 e. The molecule has 0 saturated carbocycles. The van der Waals surface area contributed by atoms with E-state index < -0.39 is 12.0 Å². The predicted octanol–water partition coefficient (Wildman–Crippen LogP) is 1.24. The largest absolute Gasteiger partial charge is 0.508 e. The number of aromatic hydroxyl groups is 1. The van der Waals surface area contributed by atoms with Crippen molar-refractivity contribution in [3.8, 4) is 5.75 Å². The number of aromatic nitrogens is 3. The van der Waals surface area contributed by atoms with Crippen molar-refractivity contribution in [2.45, 2.75) is 19.9 Å². The summed E-state index contributed by atoms with van der Waals surface area (Å²) < 4.78 is 8.91. The lowest BCUT2D eigenvalue weighted by Gasteiger charge is -2.24. The number of carbonyl (C=O) groups excluding carboxylic acids is 1. The maximum atomic E-state index is 13.3. The summed E-state index contributed by atoms with van der Waals surface area (Å²) in [7, 11) is 1.80. The highest BCUT2D eigenvalue weighted by Gasteiger charge is 2.33. The molecule has 0 bridgehead atoms. The van der Waals surface area contributed by atoms with Crippen LogP contribution < -0.4 is 14.9 Å². The molecule has 0 saturated heterocycles. The van der Waals surface area contributed by atoms with Gasteiger partial charge in [-0.05, 0) is 37.6 Å². The number of ether oxygens (including phenoxy) is 1. The average molecular weight is 424 g/mol. The third kappa shape index (κ3) is 3.48. The fourth-order valence-electron chi connectivity index (χ4n) is 3.43. The van der Waals surface area contributed by atoms with Crippen molar-refractivity contribution >= 4 is 23.4 Å². The van der Waals surface area contributed by atoms with E-state index in [1.807, 2.05) is 6.20 Å². The van der Waals surface area contributed by atoms with Crippen LogP contribution in [0.4, 0.5) is 0 Å². The monoisotopic (exact) mass is 424 g/mol. The van der Waals surface area contributed by atoms with Crippen molar-refractivity contribution in [2.75, 3.05) is 6.61 Å². The molecule has 3 aromatic rings. The quantitative estimate of drug-likeness (QED) is 0.636. The Bertz CT molecular complexity index is 1330. The number of carbonyl (C=O) groups is 1. The van der Waals surface area contributed by atoms with Gasteiger partial charge in [0.05, 0.1) is 34.6 Å². The highest BCUT2D eigenvalue weighted by atomic mass is 32.1. The fraction of sp³-hybridized carbons (Fsp3) is 0.238. The number of benzene rings is 1. The molecule has 1 atom stereocenters. The van der Waals surface area contributed by atoms with Gasteiger partial charge in [0, 0.05) is 18.8 Å². The number of nitrogens with zero attached hydrogens (tertiary/aromatic N) is 4. The van der Waals surface area contributed by atoms with Crippen LogP contribution in [0.1, 0.15) is 31.0 Å². The van der Waals surface area contributed by atoms with Gasteiger partial charge in [-0.15, -0.1) is 0 Å². The molecule has 4 rings (SSSR count). The number of phenolic OH excluding ortho intramolecular Hbond substituents is 1. The van der Waals surface area contributed by atoms with E-state index in [0.717, 1.165) is 5.56 Å². The van der Waals surface area contributed by atoms with Crippen molar-refractivity contribution in [3.05, 3.63) is 78.7 Å². The minimum absolute atomic E-state index is 0.0983. The second kappa shape index (κ2) is 7.75. The number of thiazole rings is 1. The van der Waals surface area contributed by atoms with Crippen molar-refractivity contribution in [2.24, 2.45) is 12.0 Å². The number of hydrogen-bond donors (Lipinski definition) is 1. The van der Waals surface area contributed by atoms with Crippen LogP contribution in [-0.4, -0.2) is 32.0 Å². The molecule has 0 fully saturated rings. The van der Waals surface area contributed by atoms with Crippen LogP contribution in [-0.2, 0) is 16.6 Å². The maximum absolute atomic E-state index is 13.3. The van der Waals surface area contributed by atoms with Crippen LogP contribution in [0.2, 0.25) is 0 Å². The standard InChI is InChI=1S/C21H20N4O4S/c1-4-29-20(28)17-12(2)23-21-25(18(17)14-5-7-15(26)8-6-14)19(27)16(30-21)9-13-10-22-24(3)11-13/h5-11,18,26H,4H2,1-3H3/b16-9-. The molecule has 30 heavy (non-hydrogen) atoms. The molecule has 0 amide bonds. The highest BCUT2D eigenvalue weighted by Crippen LogP contribution is 2.31. The molecule has 3 heterocycles. The zero-order chi connectivity index (χ0) is 21.4. The van der Waals surface area contributed by atoms with E-state index in [4.69, 9.17) is 4.74 Å². The summed E-state index contributed by atoms with van der Waals surface area (Å²) in [6.45, 7) is 3.67.